The molecule has 1 aromatic carbocycles. The Kier molecular flexibility index (Phi) is 6.44. The van der Waals surface area contributed by atoms with Gasteiger partial charge in [0, 0.05) is 36.1 Å². The van der Waals surface area contributed by atoms with E-state index in [9.17, 15) is 13.2 Å². The van der Waals surface area contributed by atoms with E-state index in [1.54, 1.807) is 29.3 Å². The molecular formula is C18H19Cl2N3O4S. The first kappa shape index (κ1) is 20.9. The number of rotatable bonds is 6. The first-order valence-electron chi connectivity index (χ1n) is 8.59. The lowest BCUT2D eigenvalue weighted by Gasteiger charge is -2.32. The SMILES string of the molecule is C=CS(=O)(=O)NC1CCN(C(=O)COc2c(Cl)cc(Cl)c3cccnc23)CC1. The molecule has 1 fully saturated rings. The number of halogens is 2. The Morgan fingerprint density at radius 1 is 1.36 bits per heavy atom. The van der Waals surface area contributed by atoms with Crippen molar-refractivity contribution in [3.63, 3.8) is 0 Å². The molecule has 0 aliphatic carbocycles. The van der Waals surface area contributed by atoms with E-state index >= 15 is 0 Å². The van der Waals surface area contributed by atoms with Crippen molar-refractivity contribution in [1.82, 2.24) is 14.6 Å². The molecule has 1 amide bonds. The zero-order chi connectivity index (χ0) is 20.3. The standard InChI is InChI=1S/C18H19Cl2N3O4S/c1-2-28(25,26)22-12-5-8-23(9-6-12)16(24)11-27-18-15(20)10-14(19)13-4-3-7-21-17(13)18/h2-4,7,10,12,22H,1,5-6,8-9,11H2. The van der Waals surface area contributed by atoms with Crippen LogP contribution in [0, 0.1) is 0 Å². The van der Waals surface area contributed by atoms with Crippen molar-refractivity contribution in [3.05, 3.63) is 46.4 Å². The highest BCUT2D eigenvalue weighted by atomic mass is 35.5. The summed E-state index contributed by atoms with van der Waals surface area (Å²) in [5, 5.41) is 2.30. The Hall–Kier alpha value is -1.87. The number of pyridine rings is 1. The molecule has 28 heavy (non-hydrogen) atoms. The van der Waals surface area contributed by atoms with Crippen LogP contribution in [-0.4, -0.2) is 49.9 Å². The summed E-state index contributed by atoms with van der Waals surface area (Å²) in [5.74, 6) is 0.101. The lowest BCUT2D eigenvalue weighted by Crippen LogP contribution is -2.47. The van der Waals surface area contributed by atoms with E-state index in [-0.39, 0.29) is 23.6 Å². The molecule has 7 nitrogen and oxygen atoms in total. The first-order valence-corrected chi connectivity index (χ1v) is 10.9. The van der Waals surface area contributed by atoms with Crippen LogP contribution < -0.4 is 9.46 Å². The molecule has 10 heteroatoms. The first-order chi connectivity index (χ1) is 13.3. The van der Waals surface area contributed by atoms with Gasteiger partial charge in [-0.3, -0.25) is 9.78 Å². The average molecular weight is 444 g/mol. The number of sulfonamides is 1. The number of hydrogen-bond acceptors (Lipinski definition) is 5. The number of amides is 1. The number of ether oxygens (including phenoxy) is 1. The van der Waals surface area contributed by atoms with E-state index in [0.29, 0.717) is 47.6 Å². The molecule has 1 aliphatic heterocycles. The molecule has 2 heterocycles. The van der Waals surface area contributed by atoms with Gasteiger partial charge in [-0.25, -0.2) is 13.1 Å². The third-order valence-electron chi connectivity index (χ3n) is 4.49. The van der Waals surface area contributed by atoms with Crippen molar-refractivity contribution in [1.29, 1.82) is 0 Å². The summed E-state index contributed by atoms with van der Waals surface area (Å²) >= 11 is 12.4. The summed E-state index contributed by atoms with van der Waals surface area (Å²) < 4.78 is 31.3. The van der Waals surface area contributed by atoms with Gasteiger partial charge in [-0.1, -0.05) is 29.8 Å². The van der Waals surface area contributed by atoms with Gasteiger partial charge in [-0.05, 0) is 31.0 Å². The number of fused-ring (bicyclic) bond motifs is 1. The Labute approximate surface area is 173 Å². The molecule has 150 valence electrons. The quantitative estimate of drug-likeness (QED) is 0.740. The van der Waals surface area contributed by atoms with Crippen LogP contribution in [0.3, 0.4) is 0 Å². The van der Waals surface area contributed by atoms with E-state index in [2.05, 4.69) is 16.3 Å². The summed E-state index contributed by atoms with van der Waals surface area (Å²) in [6, 6.07) is 4.89. The molecule has 0 spiro atoms. The van der Waals surface area contributed by atoms with E-state index < -0.39 is 10.0 Å². The van der Waals surface area contributed by atoms with Crippen LogP contribution in [-0.2, 0) is 14.8 Å². The van der Waals surface area contributed by atoms with Crippen LogP contribution in [0.1, 0.15) is 12.8 Å². The second-order valence-electron chi connectivity index (χ2n) is 6.34. The second-order valence-corrected chi connectivity index (χ2v) is 8.82. The number of nitrogens with zero attached hydrogens (tertiary/aromatic N) is 2. The van der Waals surface area contributed by atoms with Gasteiger partial charge in [-0.2, -0.15) is 0 Å². The smallest absolute Gasteiger partial charge is 0.260 e. The molecule has 0 unspecified atom stereocenters. The molecule has 1 aromatic heterocycles. The third kappa shape index (κ3) is 4.75. The summed E-state index contributed by atoms with van der Waals surface area (Å²) in [4.78, 5) is 18.4. The molecule has 1 aliphatic rings. The van der Waals surface area contributed by atoms with Crippen molar-refractivity contribution in [3.8, 4) is 5.75 Å². The number of likely N-dealkylation sites (tertiary alicyclic amines) is 1. The minimum atomic E-state index is -3.48. The fraction of sp³-hybridized carbons (Fsp3) is 0.333. The van der Waals surface area contributed by atoms with Crippen LogP contribution in [0.2, 0.25) is 10.0 Å². The topological polar surface area (TPSA) is 88.6 Å². The third-order valence-corrected chi connectivity index (χ3v) is 6.18. The molecule has 2 aromatic rings. The number of hydrogen-bond donors (Lipinski definition) is 1. The molecule has 0 saturated carbocycles. The highest BCUT2D eigenvalue weighted by Crippen LogP contribution is 2.36. The maximum Gasteiger partial charge on any atom is 0.260 e. The van der Waals surface area contributed by atoms with Crippen molar-refractivity contribution in [2.45, 2.75) is 18.9 Å². The van der Waals surface area contributed by atoms with Crippen molar-refractivity contribution < 1.29 is 17.9 Å². The van der Waals surface area contributed by atoms with Crippen LogP contribution in [0.25, 0.3) is 10.9 Å². The van der Waals surface area contributed by atoms with Crippen molar-refractivity contribution >= 4 is 50.0 Å². The number of benzene rings is 1. The number of nitrogens with one attached hydrogen (secondary N) is 1. The van der Waals surface area contributed by atoms with Crippen LogP contribution >= 0.6 is 23.2 Å². The van der Waals surface area contributed by atoms with Crippen molar-refractivity contribution in [2.24, 2.45) is 0 Å². The molecule has 3 rings (SSSR count). The minimum Gasteiger partial charge on any atom is -0.480 e. The Bertz CT molecular complexity index is 1010. The van der Waals surface area contributed by atoms with E-state index in [1.165, 1.54) is 0 Å². The van der Waals surface area contributed by atoms with Gasteiger partial charge < -0.3 is 9.64 Å². The predicted molar refractivity (Wildman–Crippen MR) is 109 cm³/mol. The van der Waals surface area contributed by atoms with E-state index in [1.807, 2.05) is 0 Å². The molecule has 1 saturated heterocycles. The van der Waals surface area contributed by atoms with Gasteiger partial charge in [0.25, 0.3) is 5.91 Å². The Morgan fingerprint density at radius 3 is 2.75 bits per heavy atom. The summed E-state index contributed by atoms with van der Waals surface area (Å²) in [7, 11) is -3.48. The maximum atomic E-state index is 12.5. The average Bonchev–Trinajstić information content (AvgIpc) is 2.68. The molecule has 0 atom stereocenters. The number of aromatic nitrogens is 1. The summed E-state index contributed by atoms with van der Waals surface area (Å²) in [6.45, 7) is 3.94. The molecule has 0 radical (unpaired) electrons. The van der Waals surface area contributed by atoms with Crippen LogP contribution in [0.15, 0.2) is 36.4 Å². The second kappa shape index (κ2) is 8.65. The highest BCUT2D eigenvalue weighted by Gasteiger charge is 2.25. The van der Waals surface area contributed by atoms with Gasteiger partial charge in [0.05, 0.1) is 10.0 Å². The summed E-state index contributed by atoms with van der Waals surface area (Å²) in [5.41, 5.74) is 0.491. The number of carbonyl (C=O) groups excluding carboxylic acids is 1. The maximum absolute atomic E-state index is 12.5. The molecule has 1 N–H and O–H groups in total. The highest BCUT2D eigenvalue weighted by molar-refractivity contribution is 7.92. The fourth-order valence-corrected chi connectivity index (χ4v) is 4.40. The lowest BCUT2D eigenvalue weighted by molar-refractivity contribution is -0.134. The Balaban J connectivity index is 1.62. The van der Waals surface area contributed by atoms with Gasteiger partial charge >= 0.3 is 0 Å². The summed E-state index contributed by atoms with van der Waals surface area (Å²) in [6.07, 6.45) is 2.63. The molecular weight excluding hydrogens is 425 g/mol. The lowest BCUT2D eigenvalue weighted by atomic mass is 10.1. The predicted octanol–water partition coefficient (Wildman–Crippen LogP) is 2.97. The largest absolute Gasteiger partial charge is 0.480 e. The van der Waals surface area contributed by atoms with Crippen molar-refractivity contribution in [2.75, 3.05) is 19.7 Å². The zero-order valence-corrected chi connectivity index (χ0v) is 17.2. The van der Waals surface area contributed by atoms with Gasteiger partial charge in [0.1, 0.15) is 5.52 Å². The number of piperidine rings is 1. The number of carbonyl (C=O) groups is 1. The normalized spacial score (nSPS) is 15.6. The van der Waals surface area contributed by atoms with Gasteiger partial charge in [0.2, 0.25) is 10.0 Å². The van der Waals surface area contributed by atoms with Gasteiger partial charge in [0.15, 0.2) is 12.4 Å². The molecule has 0 bridgehead atoms. The van der Waals surface area contributed by atoms with E-state index in [0.717, 1.165) is 5.41 Å². The Morgan fingerprint density at radius 2 is 2.07 bits per heavy atom. The monoisotopic (exact) mass is 443 g/mol. The zero-order valence-electron chi connectivity index (χ0n) is 14.9. The fourth-order valence-electron chi connectivity index (χ4n) is 3.04. The van der Waals surface area contributed by atoms with Gasteiger partial charge in [-0.15, -0.1) is 0 Å². The van der Waals surface area contributed by atoms with Crippen LogP contribution in [0.5, 0.6) is 5.75 Å². The van der Waals surface area contributed by atoms with E-state index in [4.69, 9.17) is 27.9 Å². The van der Waals surface area contributed by atoms with Crippen LogP contribution in [0.4, 0.5) is 0 Å². The minimum absolute atomic E-state index is 0.198.